The fraction of sp³-hybridized carbons (Fsp3) is 0.571. The molecule has 1 rings (SSSR count). The van der Waals surface area contributed by atoms with E-state index in [0.29, 0.717) is 0 Å². The third-order valence-electron chi connectivity index (χ3n) is 1.19. The molecule has 0 aromatic carbocycles. The van der Waals surface area contributed by atoms with Crippen LogP contribution in [0, 0.1) is 0 Å². The largest absolute Gasteiger partial charge is 0.673 e. The quantitative estimate of drug-likeness (QED) is 0.385. The molecule has 0 fully saturated rings. The summed E-state index contributed by atoms with van der Waals surface area (Å²) >= 11 is 0. The fourth-order valence-corrected chi connectivity index (χ4v) is 0.689. The van der Waals surface area contributed by atoms with Gasteiger partial charge >= 0.3 is 7.25 Å². The molecular weight excluding hydrogens is 199 g/mol. The van der Waals surface area contributed by atoms with Crippen LogP contribution in [0.3, 0.4) is 0 Å². The van der Waals surface area contributed by atoms with Crippen molar-refractivity contribution in [2.24, 2.45) is 7.05 Å². The molecule has 0 aliphatic heterocycles. The van der Waals surface area contributed by atoms with E-state index in [2.05, 4.69) is 24.0 Å². The minimum absolute atomic E-state index is 0. The normalized spacial score (nSPS) is 9.86. The van der Waals surface area contributed by atoms with Gasteiger partial charge in [-0.3, -0.25) is 0 Å². The average Bonchev–Trinajstić information content (AvgIpc) is 2.31. The second kappa shape index (κ2) is 6.45. The molecule has 84 valence electrons. The maximum atomic E-state index is 9.75. The van der Waals surface area contributed by atoms with E-state index < -0.39 is 7.25 Å². The standard InChI is InChI=1S/C6H11N2.CH4.BF4/c1-3-8-5-4-7(2)6-8;;2-1(3,4)5/h4-6H,3H2,1-2H3;1H4;/q+1;;-1. The number of rotatable bonds is 1. The Labute approximate surface area is 81.3 Å². The van der Waals surface area contributed by atoms with E-state index in [1.165, 1.54) is 0 Å². The predicted molar refractivity (Wildman–Crippen MR) is 48.2 cm³/mol. The first-order chi connectivity index (χ1) is 5.83. The minimum Gasteiger partial charge on any atom is -0.418 e. The molecule has 7 heteroatoms. The Hall–Kier alpha value is -1.01. The number of halogens is 4. The van der Waals surface area contributed by atoms with E-state index in [-0.39, 0.29) is 7.43 Å². The molecular formula is C7H15BF4N2. The van der Waals surface area contributed by atoms with Crippen molar-refractivity contribution >= 4 is 7.25 Å². The highest BCUT2D eigenvalue weighted by Crippen LogP contribution is 2.06. The molecule has 2 nitrogen and oxygen atoms in total. The molecule has 0 saturated heterocycles. The number of hydrogen-bond donors (Lipinski definition) is 0. The van der Waals surface area contributed by atoms with Gasteiger partial charge in [-0.05, 0) is 6.92 Å². The smallest absolute Gasteiger partial charge is 0.418 e. The van der Waals surface area contributed by atoms with Gasteiger partial charge in [0.15, 0.2) is 0 Å². The summed E-state index contributed by atoms with van der Waals surface area (Å²) in [6.07, 6.45) is 6.14. The molecule has 0 spiro atoms. The van der Waals surface area contributed by atoms with Crippen LogP contribution in [0.25, 0.3) is 0 Å². The molecule has 1 aromatic rings. The molecule has 0 atom stereocenters. The van der Waals surface area contributed by atoms with Crippen LogP contribution in [0.2, 0.25) is 0 Å². The lowest BCUT2D eigenvalue weighted by Gasteiger charge is -1.94. The molecule has 0 saturated carbocycles. The van der Waals surface area contributed by atoms with Crippen molar-refractivity contribution in [3.8, 4) is 0 Å². The molecule has 0 aliphatic rings. The Balaban J connectivity index is 0. The van der Waals surface area contributed by atoms with E-state index in [1.54, 1.807) is 0 Å². The Morgan fingerprint density at radius 3 is 1.86 bits per heavy atom. The molecule has 1 heterocycles. The number of nitrogens with zero attached hydrogens (tertiary/aromatic N) is 2. The van der Waals surface area contributed by atoms with Gasteiger partial charge < -0.3 is 17.3 Å². The Morgan fingerprint density at radius 1 is 1.29 bits per heavy atom. The first-order valence-electron chi connectivity index (χ1n) is 3.71. The first-order valence-corrected chi connectivity index (χ1v) is 3.71. The van der Waals surface area contributed by atoms with E-state index >= 15 is 0 Å². The summed E-state index contributed by atoms with van der Waals surface area (Å²) in [7, 11) is -3.98. The molecule has 1 aromatic heterocycles. The first kappa shape index (κ1) is 15.5. The van der Waals surface area contributed by atoms with Gasteiger partial charge in [0.1, 0.15) is 12.4 Å². The highest BCUT2D eigenvalue weighted by molar-refractivity contribution is 6.50. The van der Waals surface area contributed by atoms with Gasteiger partial charge in [-0.25, -0.2) is 9.13 Å². The second-order valence-electron chi connectivity index (χ2n) is 2.40. The zero-order valence-corrected chi connectivity index (χ0v) is 7.42. The maximum absolute atomic E-state index is 9.75. The van der Waals surface area contributed by atoms with Gasteiger partial charge in [0.05, 0.1) is 13.6 Å². The fourth-order valence-electron chi connectivity index (χ4n) is 0.689. The summed E-state index contributed by atoms with van der Waals surface area (Å²) in [4.78, 5) is 0. The third kappa shape index (κ3) is 11.0. The summed E-state index contributed by atoms with van der Waals surface area (Å²) in [6, 6.07) is 0. The van der Waals surface area contributed by atoms with E-state index in [9.17, 15) is 17.3 Å². The minimum atomic E-state index is -6.00. The molecule has 0 bridgehead atoms. The van der Waals surface area contributed by atoms with Crippen LogP contribution in [0.5, 0.6) is 0 Å². The van der Waals surface area contributed by atoms with Crippen LogP contribution < -0.4 is 4.57 Å². The lowest BCUT2D eigenvalue weighted by atomic mass is 10.3. The average molecular weight is 214 g/mol. The van der Waals surface area contributed by atoms with Crippen LogP contribution in [-0.4, -0.2) is 11.8 Å². The lowest BCUT2D eigenvalue weighted by Crippen LogP contribution is -2.23. The highest BCUT2D eigenvalue weighted by atomic mass is 19.5. The zero-order chi connectivity index (χ0) is 10.5. The van der Waals surface area contributed by atoms with Crippen molar-refractivity contribution in [1.29, 1.82) is 0 Å². The molecule has 0 radical (unpaired) electrons. The summed E-state index contributed by atoms with van der Waals surface area (Å²) in [5, 5.41) is 0. The van der Waals surface area contributed by atoms with Gasteiger partial charge in [0, 0.05) is 0 Å². The number of imidazole rings is 1. The zero-order valence-electron chi connectivity index (χ0n) is 7.42. The van der Waals surface area contributed by atoms with E-state index in [1.807, 2.05) is 17.8 Å². The Kier molecular flexibility index (Phi) is 7.12. The van der Waals surface area contributed by atoms with E-state index in [4.69, 9.17) is 0 Å². The van der Waals surface area contributed by atoms with Crippen molar-refractivity contribution in [3.05, 3.63) is 18.7 Å². The van der Waals surface area contributed by atoms with E-state index in [0.717, 1.165) is 6.54 Å². The molecule has 0 aliphatic carbocycles. The summed E-state index contributed by atoms with van der Waals surface area (Å²) < 4.78 is 43.2. The monoisotopic (exact) mass is 214 g/mol. The number of aryl methyl sites for hydroxylation is 2. The summed E-state index contributed by atoms with van der Waals surface area (Å²) in [6.45, 7) is 3.18. The van der Waals surface area contributed by atoms with Gasteiger partial charge in [-0.1, -0.05) is 7.43 Å². The van der Waals surface area contributed by atoms with Gasteiger partial charge in [0.25, 0.3) is 0 Å². The van der Waals surface area contributed by atoms with Gasteiger partial charge in [0.2, 0.25) is 6.33 Å². The molecule has 0 N–H and O–H groups in total. The maximum Gasteiger partial charge on any atom is 0.673 e. The number of hydrogen-bond acceptors (Lipinski definition) is 0. The van der Waals surface area contributed by atoms with Crippen LogP contribution in [0.1, 0.15) is 14.4 Å². The predicted octanol–water partition coefficient (Wildman–Crippen LogP) is 2.27. The Bertz CT molecular complexity index is 240. The lowest BCUT2D eigenvalue weighted by molar-refractivity contribution is -0.671. The van der Waals surface area contributed by atoms with Crippen LogP contribution in [0.4, 0.5) is 17.3 Å². The van der Waals surface area contributed by atoms with Crippen molar-refractivity contribution < 1.29 is 21.8 Å². The highest BCUT2D eigenvalue weighted by Gasteiger charge is 2.20. The van der Waals surface area contributed by atoms with Gasteiger partial charge in [-0.15, -0.1) is 0 Å². The third-order valence-corrected chi connectivity index (χ3v) is 1.19. The van der Waals surface area contributed by atoms with Crippen molar-refractivity contribution in [2.75, 3.05) is 0 Å². The summed E-state index contributed by atoms with van der Waals surface area (Å²) in [5.41, 5.74) is 0. The molecule has 0 amide bonds. The van der Waals surface area contributed by atoms with Crippen molar-refractivity contribution in [2.45, 2.75) is 20.9 Å². The van der Waals surface area contributed by atoms with Crippen LogP contribution >= 0.6 is 0 Å². The van der Waals surface area contributed by atoms with Crippen LogP contribution in [-0.2, 0) is 13.6 Å². The number of aromatic nitrogens is 2. The van der Waals surface area contributed by atoms with Crippen LogP contribution in [0.15, 0.2) is 18.7 Å². The van der Waals surface area contributed by atoms with Crippen molar-refractivity contribution in [1.82, 2.24) is 4.57 Å². The topological polar surface area (TPSA) is 8.81 Å². The Morgan fingerprint density at radius 2 is 1.71 bits per heavy atom. The molecule has 14 heavy (non-hydrogen) atoms. The second-order valence-corrected chi connectivity index (χ2v) is 2.40. The molecule has 0 unspecified atom stereocenters. The summed E-state index contributed by atoms with van der Waals surface area (Å²) in [5.74, 6) is 0. The SMILES string of the molecule is C.CCn1cc[n+](C)c1.F[B-](F)(F)F. The van der Waals surface area contributed by atoms with Gasteiger partial charge in [-0.2, -0.15) is 0 Å². The van der Waals surface area contributed by atoms with Crippen molar-refractivity contribution in [3.63, 3.8) is 0 Å².